The number of halogens is 1. The molecule has 1 amide bonds. The summed E-state index contributed by atoms with van der Waals surface area (Å²) in [5, 5.41) is 6.78. The number of hydrogen-bond donors (Lipinski definition) is 2. The SMILES string of the molecule is O=C(CCc1nc2ccccc2[nH]1)N1CCN(Cc2csc(NC[C@@H]3CCCN3Cc3ccc(Br)cc3)n2)CC1. The number of nitrogens with zero attached hydrogens (tertiary/aromatic N) is 5. The Balaban J connectivity index is 0.918. The van der Waals surface area contributed by atoms with Gasteiger partial charge in [0.25, 0.3) is 0 Å². The van der Waals surface area contributed by atoms with Gasteiger partial charge in [0.1, 0.15) is 5.82 Å². The number of nitrogens with one attached hydrogen (secondary N) is 2. The molecule has 0 spiro atoms. The number of carbonyl (C=O) groups excluding carboxylic acids is 1. The number of aromatic amines is 1. The first-order valence-electron chi connectivity index (χ1n) is 14.2. The van der Waals surface area contributed by atoms with Crippen molar-refractivity contribution in [2.24, 2.45) is 0 Å². The summed E-state index contributed by atoms with van der Waals surface area (Å²) in [6.07, 6.45) is 3.61. The molecule has 0 unspecified atom stereocenters. The summed E-state index contributed by atoms with van der Waals surface area (Å²) in [4.78, 5) is 32.6. The molecular weight excluding hydrogens is 586 g/mol. The second-order valence-corrected chi connectivity index (χ2v) is 12.5. The van der Waals surface area contributed by atoms with Crippen molar-refractivity contribution in [3.63, 3.8) is 0 Å². The minimum absolute atomic E-state index is 0.210. The molecule has 2 aromatic carbocycles. The minimum atomic E-state index is 0.210. The topological polar surface area (TPSA) is 80.4 Å². The highest BCUT2D eigenvalue weighted by molar-refractivity contribution is 9.10. The molecule has 8 nitrogen and oxygen atoms in total. The number of aryl methyl sites for hydroxylation is 1. The van der Waals surface area contributed by atoms with Gasteiger partial charge < -0.3 is 15.2 Å². The number of anilines is 1. The van der Waals surface area contributed by atoms with Crippen molar-refractivity contribution in [1.29, 1.82) is 0 Å². The maximum Gasteiger partial charge on any atom is 0.223 e. The van der Waals surface area contributed by atoms with Gasteiger partial charge in [-0.3, -0.25) is 14.6 Å². The largest absolute Gasteiger partial charge is 0.360 e. The van der Waals surface area contributed by atoms with Crippen LogP contribution in [0.2, 0.25) is 0 Å². The zero-order chi connectivity index (χ0) is 27.3. The molecule has 210 valence electrons. The lowest BCUT2D eigenvalue weighted by molar-refractivity contribution is -0.133. The van der Waals surface area contributed by atoms with E-state index in [2.05, 4.69) is 70.7 Å². The van der Waals surface area contributed by atoms with E-state index >= 15 is 0 Å². The van der Waals surface area contributed by atoms with Crippen molar-refractivity contribution in [3.05, 3.63) is 75.5 Å². The highest BCUT2D eigenvalue weighted by Gasteiger charge is 2.25. The first-order chi connectivity index (χ1) is 19.6. The molecule has 2 aliphatic rings. The highest BCUT2D eigenvalue weighted by atomic mass is 79.9. The van der Waals surface area contributed by atoms with E-state index in [-0.39, 0.29) is 5.91 Å². The molecule has 6 rings (SSSR count). The number of H-pyrrole nitrogens is 1. The smallest absolute Gasteiger partial charge is 0.223 e. The minimum Gasteiger partial charge on any atom is -0.360 e. The highest BCUT2D eigenvalue weighted by Crippen LogP contribution is 2.23. The quantitative estimate of drug-likeness (QED) is 0.255. The average Bonchev–Trinajstić information content (AvgIpc) is 3.72. The lowest BCUT2D eigenvalue weighted by Gasteiger charge is -2.34. The van der Waals surface area contributed by atoms with Crippen LogP contribution in [0.3, 0.4) is 0 Å². The Hall–Kier alpha value is -2.79. The molecule has 2 aliphatic heterocycles. The fraction of sp³-hybridized carbons (Fsp3) is 0.433. The number of hydrogen-bond acceptors (Lipinski definition) is 7. The van der Waals surface area contributed by atoms with Crippen LogP contribution in [0.4, 0.5) is 5.13 Å². The molecular formula is C30H36BrN7OS. The van der Waals surface area contributed by atoms with E-state index < -0.39 is 0 Å². The third kappa shape index (κ3) is 6.91. The summed E-state index contributed by atoms with van der Waals surface area (Å²) in [5.41, 5.74) is 4.45. The van der Waals surface area contributed by atoms with Crippen molar-refractivity contribution in [2.45, 2.75) is 44.8 Å². The molecule has 2 aromatic heterocycles. The molecule has 2 fully saturated rings. The predicted molar refractivity (Wildman–Crippen MR) is 164 cm³/mol. The summed E-state index contributed by atoms with van der Waals surface area (Å²) in [6.45, 7) is 7.20. The van der Waals surface area contributed by atoms with Crippen molar-refractivity contribution in [3.8, 4) is 0 Å². The van der Waals surface area contributed by atoms with E-state index in [4.69, 9.17) is 4.98 Å². The number of rotatable bonds is 10. The van der Waals surface area contributed by atoms with Crippen LogP contribution in [-0.4, -0.2) is 80.9 Å². The Morgan fingerprint density at radius 3 is 2.67 bits per heavy atom. The second kappa shape index (κ2) is 12.8. The third-order valence-electron chi connectivity index (χ3n) is 7.96. The summed E-state index contributed by atoms with van der Waals surface area (Å²) >= 11 is 5.22. The molecule has 0 bridgehead atoms. The van der Waals surface area contributed by atoms with E-state index in [0.717, 1.165) is 84.5 Å². The van der Waals surface area contributed by atoms with Gasteiger partial charge in [0.15, 0.2) is 5.13 Å². The molecule has 40 heavy (non-hydrogen) atoms. The molecule has 0 radical (unpaired) electrons. The van der Waals surface area contributed by atoms with Gasteiger partial charge in [-0.1, -0.05) is 40.2 Å². The van der Waals surface area contributed by atoms with Gasteiger partial charge in [0, 0.05) is 74.5 Å². The molecule has 1 atom stereocenters. The van der Waals surface area contributed by atoms with Gasteiger partial charge in [-0.15, -0.1) is 11.3 Å². The maximum atomic E-state index is 12.8. The molecule has 10 heteroatoms. The summed E-state index contributed by atoms with van der Waals surface area (Å²) < 4.78 is 1.13. The fourth-order valence-corrected chi connectivity index (χ4v) is 6.69. The number of benzene rings is 2. The van der Waals surface area contributed by atoms with Gasteiger partial charge >= 0.3 is 0 Å². The number of fused-ring (bicyclic) bond motifs is 1. The lowest BCUT2D eigenvalue weighted by atomic mass is 10.2. The standard InChI is InChI=1S/C30H36BrN7OS/c31-23-9-7-22(8-10-23)19-38-13-3-4-25(38)18-32-30-33-24(21-40-30)20-36-14-16-37(17-15-36)29(39)12-11-28-34-26-5-1-2-6-27(26)35-28/h1-2,5-10,21,25H,3-4,11-20H2,(H,32,33)(H,34,35)/t25-/m0/s1. The normalized spacial score (nSPS) is 18.5. The second-order valence-electron chi connectivity index (χ2n) is 10.8. The van der Waals surface area contributed by atoms with Gasteiger partial charge in [0.2, 0.25) is 5.91 Å². The van der Waals surface area contributed by atoms with E-state index in [0.29, 0.717) is 18.9 Å². The van der Waals surface area contributed by atoms with Crippen molar-refractivity contribution >= 4 is 49.3 Å². The first-order valence-corrected chi connectivity index (χ1v) is 15.9. The Morgan fingerprint density at radius 2 is 1.85 bits per heavy atom. The van der Waals surface area contributed by atoms with Gasteiger partial charge in [-0.25, -0.2) is 9.97 Å². The zero-order valence-electron chi connectivity index (χ0n) is 22.7. The van der Waals surface area contributed by atoms with E-state index in [1.54, 1.807) is 11.3 Å². The van der Waals surface area contributed by atoms with Crippen LogP contribution in [0.15, 0.2) is 58.4 Å². The number of imidazole rings is 1. The molecule has 2 N–H and O–H groups in total. The Kier molecular flexibility index (Phi) is 8.77. The number of para-hydroxylation sites is 2. The van der Waals surface area contributed by atoms with Crippen LogP contribution in [0.25, 0.3) is 11.0 Å². The Morgan fingerprint density at radius 1 is 1.02 bits per heavy atom. The monoisotopic (exact) mass is 621 g/mol. The number of thiazole rings is 1. The van der Waals surface area contributed by atoms with Gasteiger partial charge in [0.05, 0.1) is 16.7 Å². The molecule has 4 heterocycles. The maximum absolute atomic E-state index is 12.8. The number of aromatic nitrogens is 3. The summed E-state index contributed by atoms with van der Waals surface area (Å²) in [7, 11) is 0. The number of likely N-dealkylation sites (tertiary alicyclic amines) is 1. The van der Waals surface area contributed by atoms with E-state index in [1.807, 2.05) is 29.2 Å². The van der Waals surface area contributed by atoms with Crippen LogP contribution >= 0.6 is 27.3 Å². The van der Waals surface area contributed by atoms with Crippen molar-refractivity contribution in [2.75, 3.05) is 44.6 Å². The first kappa shape index (κ1) is 27.4. The van der Waals surface area contributed by atoms with Gasteiger partial charge in [-0.05, 0) is 49.2 Å². The van der Waals surface area contributed by atoms with Crippen LogP contribution in [-0.2, 0) is 24.3 Å². The molecule has 0 saturated carbocycles. The number of amides is 1. The van der Waals surface area contributed by atoms with Crippen LogP contribution < -0.4 is 5.32 Å². The van der Waals surface area contributed by atoms with E-state index in [1.165, 1.54) is 18.4 Å². The average molecular weight is 623 g/mol. The van der Waals surface area contributed by atoms with Gasteiger partial charge in [-0.2, -0.15) is 0 Å². The summed E-state index contributed by atoms with van der Waals surface area (Å²) in [5.74, 6) is 1.09. The van der Waals surface area contributed by atoms with Crippen molar-refractivity contribution in [1.82, 2.24) is 29.7 Å². The van der Waals surface area contributed by atoms with E-state index in [9.17, 15) is 4.79 Å². The Bertz CT molecular complexity index is 1380. The Labute approximate surface area is 247 Å². The van der Waals surface area contributed by atoms with Crippen LogP contribution in [0.5, 0.6) is 0 Å². The molecule has 4 aromatic rings. The predicted octanol–water partition coefficient (Wildman–Crippen LogP) is 5.14. The third-order valence-corrected chi connectivity index (χ3v) is 9.34. The summed E-state index contributed by atoms with van der Waals surface area (Å²) in [6, 6.07) is 17.2. The molecule has 2 saturated heterocycles. The fourth-order valence-electron chi connectivity index (χ4n) is 5.72. The molecule has 0 aliphatic carbocycles. The van der Waals surface area contributed by atoms with Crippen LogP contribution in [0.1, 0.15) is 36.3 Å². The van der Waals surface area contributed by atoms with Crippen molar-refractivity contribution < 1.29 is 4.79 Å². The zero-order valence-corrected chi connectivity index (χ0v) is 25.1. The lowest BCUT2D eigenvalue weighted by Crippen LogP contribution is -2.48. The number of carbonyl (C=O) groups is 1. The van der Waals surface area contributed by atoms with Crippen LogP contribution in [0, 0.1) is 0 Å². The number of piperazine rings is 1.